The van der Waals surface area contributed by atoms with E-state index in [2.05, 4.69) is 6.58 Å². The molecule has 0 rings (SSSR count). The van der Waals surface area contributed by atoms with Gasteiger partial charge in [0.15, 0.2) is 0 Å². The number of hydrogen-bond acceptors (Lipinski definition) is 2. The smallest absolute Gasteiger partial charge is 0.216 e. The first-order valence-electron chi connectivity index (χ1n) is 3.41. The van der Waals surface area contributed by atoms with Gasteiger partial charge < -0.3 is 0 Å². The second-order valence-electron chi connectivity index (χ2n) is 2.19. The quantitative estimate of drug-likeness (QED) is 0.606. The Balaban J connectivity index is 4.21. The Morgan fingerprint density at radius 2 is 2.18 bits per heavy atom. The predicted molar refractivity (Wildman–Crippen MR) is 45.2 cm³/mol. The molecule has 4 nitrogen and oxygen atoms in total. The van der Waals surface area contributed by atoms with E-state index in [4.69, 9.17) is 5.14 Å². The number of nitrogens with zero attached hydrogens (tertiary/aromatic N) is 1. The summed E-state index contributed by atoms with van der Waals surface area (Å²) in [6.07, 6.45) is 2.27. The zero-order valence-corrected chi connectivity index (χ0v) is 7.47. The molecule has 0 aliphatic rings. The largest absolute Gasteiger partial charge is 0.277 e. The van der Waals surface area contributed by atoms with Crippen LogP contribution in [0, 0.1) is 0 Å². The molecule has 0 bridgehead atoms. The van der Waals surface area contributed by atoms with Crippen molar-refractivity contribution in [2.24, 2.45) is 5.14 Å². The summed E-state index contributed by atoms with van der Waals surface area (Å²) in [5, 5.41) is 4.90. The average Bonchev–Trinajstić information content (AvgIpc) is 1.85. The minimum absolute atomic E-state index is 0.284. The van der Waals surface area contributed by atoms with Crippen LogP contribution in [0.5, 0.6) is 0 Å². The molecule has 0 radical (unpaired) electrons. The van der Waals surface area contributed by atoms with Gasteiger partial charge in [-0.2, -0.15) is 12.7 Å². The maximum absolute atomic E-state index is 10.8. The van der Waals surface area contributed by atoms with Crippen LogP contribution >= 0.6 is 0 Å². The third-order valence-electron chi connectivity index (χ3n) is 1.17. The molecule has 0 aliphatic heterocycles. The highest BCUT2D eigenvalue weighted by molar-refractivity contribution is 7.86. The Morgan fingerprint density at radius 3 is 2.45 bits per heavy atom. The van der Waals surface area contributed by atoms with Crippen LogP contribution in [-0.4, -0.2) is 25.8 Å². The maximum Gasteiger partial charge on any atom is 0.277 e. The van der Waals surface area contributed by atoms with Crippen LogP contribution in [0.1, 0.15) is 13.3 Å². The fourth-order valence-corrected chi connectivity index (χ4v) is 1.47. The summed E-state index contributed by atoms with van der Waals surface area (Å²) in [4.78, 5) is 0. The van der Waals surface area contributed by atoms with Crippen molar-refractivity contribution in [3.63, 3.8) is 0 Å². The first kappa shape index (κ1) is 10.6. The molecule has 0 heterocycles. The second-order valence-corrected chi connectivity index (χ2v) is 3.74. The lowest BCUT2D eigenvalue weighted by molar-refractivity contribution is 0.442. The molecule has 0 saturated carbocycles. The van der Waals surface area contributed by atoms with Gasteiger partial charge in [-0.05, 0) is 6.42 Å². The summed E-state index contributed by atoms with van der Waals surface area (Å²) in [7, 11) is -3.53. The molecule has 5 heteroatoms. The molecular weight excluding hydrogens is 164 g/mol. The summed E-state index contributed by atoms with van der Waals surface area (Å²) >= 11 is 0. The van der Waals surface area contributed by atoms with E-state index in [9.17, 15) is 8.42 Å². The molecule has 0 unspecified atom stereocenters. The van der Waals surface area contributed by atoms with E-state index < -0.39 is 10.2 Å². The normalized spacial score (nSPS) is 11.9. The first-order chi connectivity index (χ1) is 5.02. The lowest BCUT2D eigenvalue weighted by atomic mass is 10.5. The predicted octanol–water partition coefficient (Wildman–Crippen LogP) is 0.0879. The van der Waals surface area contributed by atoms with Crippen molar-refractivity contribution >= 4 is 10.2 Å². The van der Waals surface area contributed by atoms with Gasteiger partial charge in [0.2, 0.25) is 0 Å². The third kappa shape index (κ3) is 4.13. The molecule has 0 fully saturated rings. The highest BCUT2D eigenvalue weighted by Gasteiger charge is 2.13. The third-order valence-corrected chi connectivity index (χ3v) is 2.22. The van der Waals surface area contributed by atoms with Gasteiger partial charge in [0.1, 0.15) is 0 Å². The van der Waals surface area contributed by atoms with Gasteiger partial charge in [-0.15, -0.1) is 6.58 Å². The van der Waals surface area contributed by atoms with Gasteiger partial charge in [-0.25, -0.2) is 5.14 Å². The molecule has 11 heavy (non-hydrogen) atoms. The number of rotatable bonds is 5. The molecule has 0 aromatic heterocycles. The Labute approximate surface area is 67.9 Å². The minimum Gasteiger partial charge on any atom is -0.216 e. The highest BCUT2D eigenvalue weighted by atomic mass is 32.2. The zero-order valence-electron chi connectivity index (χ0n) is 6.66. The van der Waals surface area contributed by atoms with Gasteiger partial charge in [-0.3, -0.25) is 0 Å². The summed E-state index contributed by atoms with van der Waals surface area (Å²) < 4.78 is 22.7. The lowest BCUT2D eigenvalue weighted by Crippen LogP contribution is -2.37. The van der Waals surface area contributed by atoms with Crippen LogP contribution in [0.25, 0.3) is 0 Å². The summed E-state index contributed by atoms with van der Waals surface area (Å²) in [5.41, 5.74) is 0. The second kappa shape index (κ2) is 4.48. The number of hydrogen-bond donors (Lipinski definition) is 1. The van der Waals surface area contributed by atoms with Gasteiger partial charge in [0.05, 0.1) is 0 Å². The van der Waals surface area contributed by atoms with Crippen molar-refractivity contribution in [3.05, 3.63) is 12.7 Å². The van der Waals surface area contributed by atoms with E-state index in [1.807, 2.05) is 6.92 Å². The van der Waals surface area contributed by atoms with E-state index >= 15 is 0 Å². The number of nitrogens with two attached hydrogens (primary N) is 1. The molecule has 0 saturated heterocycles. The van der Waals surface area contributed by atoms with E-state index in [0.29, 0.717) is 6.54 Å². The molecular formula is C6H14N2O2S. The van der Waals surface area contributed by atoms with Crippen molar-refractivity contribution in [3.8, 4) is 0 Å². The molecule has 0 amide bonds. The van der Waals surface area contributed by atoms with Crippen LogP contribution < -0.4 is 5.14 Å². The molecule has 0 aliphatic carbocycles. The Hall–Kier alpha value is -0.390. The van der Waals surface area contributed by atoms with E-state index in [1.165, 1.54) is 10.4 Å². The molecule has 0 spiro atoms. The van der Waals surface area contributed by atoms with E-state index in [1.54, 1.807) is 0 Å². The van der Waals surface area contributed by atoms with Gasteiger partial charge in [0.25, 0.3) is 10.2 Å². The van der Waals surface area contributed by atoms with Crippen LogP contribution in [-0.2, 0) is 10.2 Å². The van der Waals surface area contributed by atoms with Crippen LogP contribution in [0.3, 0.4) is 0 Å². The zero-order chi connectivity index (χ0) is 8.91. The van der Waals surface area contributed by atoms with Crippen molar-refractivity contribution in [2.75, 3.05) is 13.1 Å². The van der Waals surface area contributed by atoms with Crippen molar-refractivity contribution < 1.29 is 8.42 Å². The van der Waals surface area contributed by atoms with Gasteiger partial charge in [-0.1, -0.05) is 13.0 Å². The molecule has 0 aromatic rings. The highest BCUT2D eigenvalue weighted by Crippen LogP contribution is 1.95. The first-order valence-corrected chi connectivity index (χ1v) is 4.91. The molecule has 0 atom stereocenters. The monoisotopic (exact) mass is 178 g/mol. The van der Waals surface area contributed by atoms with E-state index in [-0.39, 0.29) is 6.54 Å². The average molecular weight is 178 g/mol. The van der Waals surface area contributed by atoms with Crippen LogP contribution in [0.4, 0.5) is 0 Å². The maximum atomic E-state index is 10.8. The summed E-state index contributed by atoms with van der Waals surface area (Å²) in [5.74, 6) is 0. The topological polar surface area (TPSA) is 63.4 Å². The fourth-order valence-electron chi connectivity index (χ4n) is 0.716. The molecule has 0 aromatic carbocycles. The fraction of sp³-hybridized carbons (Fsp3) is 0.667. The SMILES string of the molecule is C=CCN(CCC)S(N)(=O)=O. The van der Waals surface area contributed by atoms with Crippen LogP contribution in [0.15, 0.2) is 12.7 Å². The van der Waals surface area contributed by atoms with Gasteiger partial charge in [0, 0.05) is 13.1 Å². The minimum atomic E-state index is -3.53. The van der Waals surface area contributed by atoms with Crippen molar-refractivity contribution in [1.29, 1.82) is 0 Å². The standard InChI is InChI=1S/C6H14N2O2S/c1-3-5-8(6-4-2)11(7,9)10/h3H,1,4-6H2,2H3,(H2,7,9,10). The Bertz CT molecular complexity index is 211. The summed E-state index contributed by atoms with van der Waals surface area (Å²) in [6, 6.07) is 0. The van der Waals surface area contributed by atoms with Crippen molar-refractivity contribution in [2.45, 2.75) is 13.3 Å². The lowest BCUT2D eigenvalue weighted by Gasteiger charge is -2.15. The van der Waals surface area contributed by atoms with Gasteiger partial charge >= 0.3 is 0 Å². The van der Waals surface area contributed by atoms with E-state index in [0.717, 1.165) is 6.42 Å². The van der Waals surface area contributed by atoms with Crippen molar-refractivity contribution in [1.82, 2.24) is 4.31 Å². The summed E-state index contributed by atoms with van der Waals surface area (Å²) in [6.45, 7) is 6.06. The Morgan fingerprint density at radius 1 is 1.64 bits per heavy atom. The van der Waals surface area contributed by atoms with Crippen LogP contribution in [0.2, 0.25) is 0 Å². The molecule has 66 valence electrons. The molecule has 2 N–H and O–H groups in total. The Kier molecular flexibility index (Phi) is 4.32.